The minimum absolute atomic E-state index is 0.258. The number of aryl methyl sites for hydroxylation is 1. The van der Waals surface area contributed by atoms with Gasteiger partial charge in [0, 0.05) is 12.6 Å². The summed E-state index contributed by atoms with van der Waals surface area (Å²) in [5.74, 6) is 0. The second-order valence-corrected chi connectivity index (χ2v) is 4.72. The van der Waals surface area contributed by atoms with Crippen molar-refractivity contribution in [2.75, 3.05) is 6.54 Å². The van der Waals surface area contributed by atoms with Gasteiger partial charge in [0.1, 0.15) is 5.67 Å². The minimum atomic E-state index is -1.35. The zero-order valence-corrected chi connectivity index (χ0v) is 12.5. The molecule has 3 heteroatoms. The standard InChI is InChI=1S/C13H21FN2.C2H6/c1-10(2)16-15-9-13(4,14)12-7-5-11(3)6-8-12;1-2/h5-8,10,15-16H,9H2,1-4H3;1-2H3. The summed E-state index contributed by atoms with van der Waals surface area (Å²) in [6.07, 6.45) is 0. The summed E-state index contributed by atoms with van der Waals surface area (Å²) in [7, 11) is 0. The van der Waals surface area contributed by atoms with Gasteiger partial charge in [-0.3, -0.25) is 10.9 Å². The predicted molar refractivity (Wildman–Crippen MR) is 77.3 cm³/mol. The number of halogens is 1. The number of benzene rings is 1. The molecule has 0 spiro atoms. The molecular formula is C15H27FN2. The van der Waals surface area contributed by atoms with E-state index < -0.39 is 5.67 Å². The second kappa shape index (κ2) is 8.22. The lowest BCUT2D eigenvalue weighted by molar-refractivity contribution is 0.175. The van der Waals surface area contributed by atoms with Crippen LogP contribution in [0, 0.1) is 6.92 Å². The Morgan fingerprint density at radius 1 is 1.17 bits per heavy atom. The zero-order valence-electron chi connectivity index (χ0n) is 12.5. The van der Waals surface area contributed by atoms with Gasteiger partial charge in [-0.2, -0.15) is 0 Å². The van der Waals surface area contributed by atoms with Crippen LogP contribution in [-0.4, -0.2) is 12.6 Å². The molecule has 0 radical (unpaired) electrons. The summed E-state index contributed by atoms with van der Waals surface area (Å²) in [5, 5.41) is 0. The molecule has 0 bridgehead atoms. The van der Waals surface area contributed by atoms with E-state index in [1.54, 1.807) is 6.92 Å². The van der Waals surface area contributed by atoms with Crippen LogP contribution < -0.4 is 10.9 Å². The first kappa shape index (κ1) is 17.1. The van der Waals surface area contributed by atoms with E-state index in [-0.39, 0.29) is 6.54 Å². The van der Waals surface area contributed by atoms with E-state index in [2.05, 4.69) is 10.9 Å². The molecule has 0 amide bonds. The zero-order chi connectivity index (χ0) is 14.2. The van der Waals surface area contributed by atoms with Gasteiger partial charge in [-0.05, 0) is 33.3 Å². The normalized spacial score (nSPS) is 13.8. The van der Waals surface area contributed by atoms with E-state index in [4.69, 9.17) is 0 Å². The Kier molecular flexibility index (Phi) is 7.80. The van der Waals surface area contributed by atoms with Crippen LogP contribution in [0.1, 0.15) is 45.7 Å². The van der Waals surface area contributed by atoms with E-state index in [1.807, 2.05) is 58.9 Å². The molecule has 104 valence electrons. The molecule has 1 rings (SSSR count). The topological polar surface area (TPSA) is 24.1 Å². The molecule has 1 unspecified atom stereocenters. The summed E-state index contributed by atoms with van der Waals surface area (Å²) in [6.45, 7) is 11.9. The van der Waals surface area contributed by atoms with Gasteiger partial charge < -0.3 is 0 Å². The van der Waals surface area contributed by atoms with Crippen LogP contribution in [-0.2, 0) is 5.67 Å². The second-order valence-electron chi connectivity index (χ2n) is 4.72. The van der Waals surface area contributed by atoms with E-state index in [1.165, 1.54) is 0 Å². The number of nitrogens with one attached hydrogen (secondary N) is 2. The third-order valence-corrected chi connectivity index (χ3v) is 2.46. The quantitative estimate of drug-likeness (QED) is 0.783. The average Bonchev–Trinajstić information content (AvgIpc) is 2.31. The van der Waals surface area contributed by atoms with E-state index in [9.17, 15) is 4.39 Å². The van der Waals surface area contributed by atoms with Crippen molar-refractivity contribution < 1.29 is 4.39 Å². The first-order valence-corrected chi connectivity index (χ1v) is 6.66. The Labute approximate surface area is 111 Å². The molecule has 0 aliphatic rings. The van der Waals surface area contributed by atoms with E-state index in [0.717, 1.165) is 5.56 Å². The fourth-order valence-corrected chi connectivity index (χ4v) is 1.42. The number of alkyl halides is 1. The van der Waals surface area contributed by atoms with Crippen molar-refractivity contribution in [1.29, 1.82) is 0 Å². The lowest BCUT2D eigenvalue weighted by Gasteiger charge is -2.22. The SMILES string of the molecule is CC.Cc1ccc(C(C)(F)CNNC(C)C)cc1. The lowest BCUT2D eigenvalue weighted by Crippen LogP contribution is -2.43. The Morgan fingerprint density at radius 3 is 2.11 bits per heavy atom. The highest BCUT2D eigenvalue weighted by atomic mass is 19.1. The van der Waals surface area contributed by atoms with Gasteiger partial charge in [0.2, 0.25) is 0 Å². The molecule has 2 N–H and O–H groups in total. The van der Waals surface area contributed by atoms with Crippen molar-refractivity contribution in [3.63, 3.8) is 0 Å². The number of hydrazine groups is 1. The highest BCUT2D eigenvalue weighted by molar-refractivity contribution is 5.26. The monoisotopic (exact) mass is 254 g/mol. The first-order chi connectivity index (χ1) is 8.42. The Hall–Kier alpha value is -0.930. The minimum Gasteiger partial charge on any atom is -0.255 e. The highest BCUT2D eigenvalue weighted by Gasteiger charge is 2.25. The first-order valence-electron chi connectivity index (χ1n) is 6.66. The summed E-state index contributed by atoms with van der Waals surface area (Å²) in [6, 6.07) is 7.85. The maximum Gasteiger partial charge on any atom is 0.146 e. The molecule has 0 fully saturated rings. The van der Waals surface area contributed by atoms with Gasteiger partial charge in [-0.15, -0.1) is 0 Å². The third kappa shape index (κ3) is 6.12. The Morgan fingerprint density at radius 2 is 1.67 bits per heavy atom. The van der Waals surface area contributed by atoms with Gasteiger partial charge in [-0.1, -0.05) is 43.7 Å². The lowest BCUT2D eigenvalue weighted by atomic mass is 9.97. The number of hydrogen-bond donors (Lipinski definition) is 2. The molecule has 0 aromatic heterocycles. The van der Waals surface area contributed by atoms with Crippen LogP contribution >= 0.6 is 0 Å². The summed E-state index contributed by atoms with van der Waals surface area (Å²) < 4.78 is 14.3. The summed E-state index contributed by atoms with van der Waals surface area (Å²) in [5.41, 5.74) is 6.41. The van der Waals surface area contributed by atoms with Crippen LogP contribution in [0.2, 0.25) is 0 Å². The van der Waals surface area contributed by atoms with Crippen molar-refractivity contribution in [3.05, 3.63) is 35.4 Å². The van der Waals surface area contributed by atoms with Crippen LogP contribution in [0.3, 0.4) is 0 Å². The molecule has 0 aliphatic carbocycles. The number of hydrogen-bond acceptors (Lipinski definition) is 2. The van der Waals surface area contributed by atoms with Gasteiger partial charge in [0.15, 0.2) is 0 Å². The molecule has 18 heavy (non-hydrogen) atoms. The molecule has 1 aromatic carbocycles. The predicted octanol–water partition coefficient (Wildman–Crippen LogP) is 3.71. The molecule has 0 heterocycles. The molecule has 1 atom stereocenters. The molecule has 2 nitrogen and oxygen atoms in total. The van der Waals surface area contributed by atoms with Gasteiger partial charge in [-0.25, -0.2) is 4.39 Å². The third-order valence-electron chi connectivity index (χ3n) is 2.46. The van der Waals surface area contributed by atoms with E-state index >= 15 is 0 Å². The van der Waals surface area contributed by atoms with Crippen LogP contribution in [0.25, 0.3) is 0 Å². The Bertz CT molecular complexity index is 318. The van der Waals surface area contributed by atoms with Gasteiger partial charge >= 0.3 is 0 Å². The Balaban J connectivity index is 0.00000137. The van der Waals surface area contributed by atoms with Crippen LogP contribution in [0.4, 0.5) is 4.39 Å². The highest BCUT2D eigenvalue weighted by Crippen LogP contribution is 2.24. The van der Waals surface area contributed by atoms with E-state index in [0.29, 0.717) is 11.6 Å². The fourth-order valence-electron chi connectivity index (χ4n) is 1.42. The molecule has 0 aliphatic heterocycles. The molecular weight excluding hydrogens is 227 g/mol. The maximum atomic E-state index is 14.3. The van der Waals surface area contributed by atoms with Crippen molar-refractivity contribution >= 4 is 0 Å². The smallest absolute Gasteiger partial charge is 0.146 e. The van der Waals surface area contributed by atoms with Crippen molar-refractivity contribution in [3.8, 4) is 0 Å². The number of rotatable bonds is 5. The van der Waals surface area contributed by atoms with Crippen molar-refractivity contribution in [1.82, 2.24) is 10.9 Å². The van der Waals surface area contributed by atoms with Crippen molar-refractivity contribution in [2.45, 2.75) is 53.3 Å². The van der Waals surface area contributed by atoms with Crippen LogP contribution in [0.5, 0.6) is 0 Å². The molecule has 0 saturated carbocycles. The fraction of sp³-hybridized carbons (Fsp3) is 0.600. The maximum absolute atomic E-state index is 14.3. The van der Waals surface area contributed by atoms with Gasteiger partial charge in [0.25, 0.3) is 0 Å². The van der Waals surface area contributed by atoms with Gasteiger partial charge in [0.05, 0.1) is 0 Å². The molecule has 0 saturated heterocycles. The average molecular weight is 254 g/mol. The summed E-state index contributed by atoms with van der Waals surface area (Å²) in [4.78, 5) is 0. The van der Waals surface area contributed by atoms with Crippen molar-refractivity contribution in [2.24, 2.45) is 0 Å². The molecule has 1 aromatic rings. The largest absolute Gasteiger partial charge is 0.255 e. The summed E-state index contributed by atoms with van der Waals surface area (Å²) >= 11 is 0. The van der Waals surface area contributed by atoms with Crippen LogP contribution in [0.15, 0.2) is 24.3 Å².